The molecule has 0 aromatic carbocycles. The molecule has 0 spiro atoms. The van der Waals surface area contributed by atoms with Crippen LogP contribution in [0.25, 0.3) is 0 Å². The van der Waals surface area contributed by atoms with Crippen molar-refractivity contribution in [2.45, 2.75) is 11.2 Å². The lowest BCUT2D eigenvalue weighted by molar-refractivity contribution is -0.0960. The molecule has 0 aliphatic heterocycles. The zero-order chi connectivity index (χ0) is 14.5. The number of nitrogens with one attached hydrogen (secondary N) is 1. The smallest absolute Gasteiger partial charge is 0.349 e. The van der Waals surface area contributed by atoms with E-state index in [2.05, 4.69) is 9.46 Å². The van der Waals surface area contributed by atoms with Gasteiger partial charge in [-0.2, -0.15) is 0 Å². The number of thiophene rings is 1. The highest BCUT2D eigenvalue weighted by atomic mass is 32.2. The van der Waals surface area contributed by atoms with Crippen LogP contribution in [0.15, 0.2) is 16.3 Å². The first-order valence-corrected chi connectivity index (χ1v) is 7.53. The Morgan fingerprint density at radius 2 is 2.00 bits per heavy atom. The summed E-state index contributed by atoms with van der Waals surface area (Å²) in [6, 6.07) is 1.34. The summed E-state index contributed by atoms with van der Waals surface area (Å²) in [5.74, 6) is -0.689. The van der Waals surface area contributed by atoms with Gasteiger partial charge in [-0.15, -0.1) is 11.3 Å². The minimum absolute atomic E-state index is 0.0291. The molecule has 0 radical (unpaired) electrons. The van der Waals surface area contributed by atoms with Gasteiger partial charge < -0.3 is 14.2 Å². The summed E-state index contributed by atoms with van der Waals surface area (Å²) in [6.07, 6.45) is -0.699. The van der Waals surface area contributed by atoms with E-state index in [4.69, 9.17) is 9.47 Å². The molecule has 9 heteroatoms. The number of carbonyl (C=O) groups is 1. The molecule has 1 rings (SSSR count). The molecule has 1 heterocycles. The molecule has 0 amide bonds. The van der Waals surface area contributed by atoms with Crippen molar-refractivity contribution < 1.29 is 27.4 Å². The second-order valence-electron chi connectivity index (χ2n) is 3.36. The zero-order valence-electron chi connectivity index (χ0n) is 10.7. The first kappa shape index (κ1) is 16.1. The summed E-state index contributed by atoms with van der Waals surface area (Å²) in [7, 11) is 0.165. The summed E-state index contributed by atoms with van der Waals surface area (Å²) >= 11 is 0.999. The lowest BCUT2D eigenvalue weighted by atomic mass is 10.5. The summed E-state index contributed by atoms with van der Waals surface area (Å²) in [6.45, 7) is -0.0637. The fraction of sp³-hybridized carbons (Fsp3) is 0.500. The van der Waals surface area contributed by atoms with Gasteiger partial charge in [-0.3, -0.25) is 0 Å². The zero-order valence-corrected chi connectivity index (χ0v) is 12.3. The molecular formula is C10H15NO6S2. The van der Waals surface area contributed by atoms with Gasteiger partial charge in [0.05, 0.1) is 13.7 Å². The van der Waals surface area contributed by atoms with Gasteiger partial charge in [0.1, 0.15) is 9.77 Å². The van der Waals surface area contributed by atoms with Crippen LogP contribution < -0.4 is 4.72 Å². The number of ether oxygens (including phenoxy) is 3. The van der Waals surface area contributed by atoms with Crippen molar-refractivity contribution in [1.29, 1.82) is 0 Å². The van der Waals surface area contributed by atoms with Crippen molar-refractivity contribution in [2.75, 3.05) is 27.9 Å². The van der Waals surface area contributed by atoms with Gasteiger partial charge in [-0.05, 0) is 11.4 Å². The molecule has 0 saturated heterocycles. The quantitative estimate of drug-likeness (QED) is 0.580. The highest BCUT2D eigenvalue weighted by Gasteiger charge is 2.25. The maximum atomic E-state index is 12.0. The molecule has 0 fully saturated rings. The predicted molar refractivity (Wildman–Crippen MR) is 68.7 cm³/mol. The number of rotatable bonds is 7. The monoisotopic (exact) mass is 309 g/mol. The molecule has 1 N–H and O–H groups in total. The topological polar surface area (TPSA) is 90.9 Å². The Bertz CT molecular complexity index is 520. The molecule has 7 nitrogen and oxygen atoms in total. The van der Waals surface area contributed by atoms with Crippen molar-refractivity contribution in [2.24, 2.45) is 0 Å². The third-order valence-electron chi connectivity index (χ3n) is 2.26. The Morgan fingerprint density at radius 3 is 2.53 bits per heavy atom. The van der Waals surface area contributed by atoms with E-state index in [0.29, 0.717) is 0 Å². The number of hydrogen-bond acceptors (Lipinski definition) is 7. The first-order chi connectivity index (χ1) is 8.96. The SMILES string of the molecule is COC(=O)c1sccc1S(=O)(=O)NCC(OC)OC. The Morgan fingerprint density at radius 1 is 1.37 bits per heavy atom. The molecule has 0 aliphatic carbocycles. The molecule has 0 unspecified atom stereocenters. The third kappa shape index (κ3) is 3.98. The minimum atomic E-state index is -3.82. The van der Waals surface area contributed by atoms with Crippen LogP contribution in [-0.4, -0.2) is 48.6 Å². The highest BCUT2D eigenvalue weighted by Crippen LogP contribution is 2.22. The molecule has 0 saturated carbocycles. The number of esters is 1. The predicted octanol–water partition coefficient (Wildman–Crippen LogP) is 0.432. The Labute approximate surface area is 115 Å². The van der Waals surface area contributed by atoms with Crippen LogP contribution in [0.4, 0.5) is 0 Å². The maximum absolute atomic E-state index is 12.0. The van der Waals surface area contributed by atoms with Crippen LogP contribution in [0.3, 0.4) is 0 Å². The third-order valence-corrected chi connectivity index (χ3v) is 4.74. The van der Waals surface area contributed by atoms with Gasteiger partial charge >= 0.3 is 5.97 Å². The maximum Gasteiger partial charge on any atom is 0.349 e. The van der Waals surface area contributed by atoms with E-state index in [9.17, 15) is 13.2 Å². The average Bonchev–Trinajstić information content (AvgIpc) is 2.89. The first-order valence-electron chi connectivity index (χ1n) is 5.17. The van der Waals surface area contributed by atoms with Crippen LogP contribution in [0.1, 0.15) is 9.67 Å². The number of sulfonamides is 1. The van der Waals surface area contributed by atoms with Crippen molar-refractivity contribution >= 4 is 27.3 Å². The van der Waals surface area contributed by atoms with Crippen LogP contribution in [0.5, 0.6) is 0 Å². The van der Waals surface area contributed by atoms with Crippen LogP contribution in [-0.2, 0) is 24.2 Å². The van der Waals surface area contributed by atoms with Gasteiger partial charge in [0, 0.05) is 14.2 Å². The van der Waals surface area contributed by atoms with Gasteiger partial charge in [-0.1, -0.05) is 0 Å². The Hall–Kier alpha value is -1.00. The normalized spacial score (nSPS) is 11.8. The molecule has 0 aliphatic rings. The van der Waals surface area contributed by atoms with Gasteiger partial charge in [0.15, 0.2) is 6.29 Å². The van der Waals surface area contributed by atoms with Crippen molar-refractivity contribution in [3.05, 3.63) is 16.3 Å². The van der Waals surface area contributed by atoms with E-state index < -0.39 is 22.3 Å². The van der Waals surface area contributed by atoms with Gasteiger partial charge in [-0.25, -0.2) is 17.9 Å². The van der Waals surface area contributed by atoms with Crippen LogP contribution in [0, 0.1) is 0 Å². The molecule has 1 aromatic heterocycles. The highest BCUT2D eigenvalue weighted by molar-refractivity contribution is 7.89. The van der Waals surface area contributed by atoms with Crippen molar-refractivity contribution in [1.82, 2.24) is 4.72 Å². The van der Waals surface area contributed by atoms with E-state index in [-0.39, 0.29) is 16.3 Å². The second kappa shape index (κ2) is 6.96. The number of carbonyl (C=O) groups excluding carboxylic acids is 1. The van der Waals surface area contributed by atoms with Gasteiger partial charge in [0.2, 0.25) is 10.0 Å². The molecular weight excluding hydrogens is 294 g/mol. The molecule has 0 bridgehead atoms. The Balaban J connectivity index is 2.89. The average molecular weight is 309 g/mol. The fourth-order valence-electron chi connectivity index (χ4n) is 1.27. The molecule has 19 heavy (non-hydrogen) atoms. The molecule has 108 valence electrons. The van der Waals surface area contributed by atoms with E-state index >= 15 is 0 Å². The summed E-state index contributed by atoms with van der Waals surface area (Å²) < 4.78 is 40.7. The van der Waals surface area contributed by atoms with E-state index in [1.165, 1.54) is 32.8 Å². The van der Waals surface area contributed by atoms with Gasteiger partial charge in [0.25, 0.3) is 0 Å². The lowest BCUT2D eigenvalue weighted by Gasteiger charge is -2.14. The second-order valence-corrected chi connectivity index (χ2v) is 6.01. The van der Waals surface area contributed by atoms with Crippen LogP contribution in [0.2, 0.25) is 0 Å². The molecule has 0 atom stereocenters. The minimum Gasteiger partial charge on any atom is -0.465 e. The number of methoxy groups -OCH3 is 3. The Kier molecular flexibility index (Phi) is 5.88. The van der Waals surface area contributed by atoms with Crippen molar-refractivity contribution in [3.63, 3.8) is 0 Å². The number of hydrogen-bond donors (Lipinski definition) is 1. The van der Waals surface area contributed by atoms with E-state index in [1.54, 1.807) is 0 Å². The van der Waals surface area contributed by atoms with E-state index in [0.717, 1.165) is 11.3 Å². The summed E-state index contributed by atoms with van der Waals surface area (Å²) in [4.78, 5) is 11.4. The van der Waals surface area contributed by atoms with Crippen LogP contribution >= 0.6 is 11.3 Å². The van der Waals surface area contributed by atoms with E-state index in [1.807, 2.05) is 0 Å². The lowest BCUT2D eigenvalue weighted by Crippen LogP contribution is -2.34. The summed E-state index contributed by atoms with van der Waals surface area (Å²) in [5.41, 5.74) is 0. The largest absolute Gasteiger partial charge is 0.465 e. The summed E-state index contributed by atoms with van der Waals surface area (Å²) in [5, 5.41) is 1.50. The van der Waals surface area contributed by atoms with Crippen molar-refractivity contribution in [3.8, 4) is 0 Å². The standard InChI is InChI=1S/C10H15NO6S2/c1-15-8(16-2)6-11-19(13,14)7-4-5-18-9(7)10(12)17-3/h4-5,8,11H,6H2,1-3H3. The molecule has 1 aromatic rings. The fourth-order valence-corrected chi connectivity index (χ4v) is 3.62.